The molecule has 0 unspecified atom stereocenters. The molecule has 1 aromatic carbocycles. The highest BCUT2D eigenvalue weighted by Crippen LogP contribution is 2.26. The number of nitrogens with two attached hydrogens (primary N) is 1. The zero-order chi connectivity index (χ0) is 13.1. The van der Waals surface area contributed by atoms with Crippen molar-refractivity contribution in [3.8, 4) is 0 Å². The van der Waals surface area contributed by atoms with Crippen LogP contribution in [0.5, 0.6) is 0 Å². The first-order chi connectivity index (χ1) is 8.60. The number of carbonyl (C=O) groups excluding carboxylic acids is 1. The number of thiophene rings is 1. The molecule has 0 atom stereocenters. The Morgan fingerprint density at radius 3 is 3.00 bits per heavy atom. The number of carbonyl (C=O) groups is 1. The number of amidine groups is 1. The highest BCUT2D eigenvalue weighted by atomic mass is 32.1. The molecule has 1 amide bonds. The fourth-order valence-electron chi connectivity index (χ4n) is 1.41. The highest BCUT2D eigenvalue weighted by Gasteiger charge is 2.10. The normalized spacial score (nSPS) is 11.7. The van der Waals surface area contributed by atoms with Crippen LogP contribution in [0, 0.1) is 5.82 Å². The van der Waals surface area contributed by atoms with Crippen molar-refractivity contribution in [1.82, 2.24) is 5.32 Å². The fraction of sp³-hybridized carbons (Fsp3) is 0.0909. The van der Waals surface area contributed by atoms with E-state index in [-0.39, 0.29) is 24.1 Å². The van der Waals surface area contributed by atoms with Gasteiger partial charge in [0.05, 0.1) is 11.4 Å². The topological polar surface area (TPSA) is 87.7 Å². The molecule has 4 N–H and O–H groups in total. The van der Waals surface area contributed by atoms with Crippen LogP contribution in [-0.4, -0.2) is 23.5 Å². The first kappa shape index (κ1) is 12.3. The number of amides is 1. The molecule has 5 nitrogen and oxygen atoms in total. The average molecular weight is 267 g/mol. The summed E-state index contributed by atoms with van der Waals surface area (Å²) in [6, 6.07) is 6.00. The van der Waals surface area contributed by atoms with Crippen LogP contribution < -0.4 is 11.1 Å². The van der Waals surface area contributed by atoms with Crippen molar-refractivity contribution in [2.45, 2.75) is 0 Å². The van der Waals surface area contributed by atoms with Crippen molar-refractivity contribution in [3.63, 3.8) is 0 Å². The molecule has 1 aromatic heterocycles. The molecular weight excluding hydrogens is 257 g/mol. The molecule has 0 aliphatic heterocycles. The largest absolute Gasteiger partial charge is 0.409 e. The van der Waals surface area contributed by atoms with Crippen LogP contribution in [0.15, 0.2) is 29.4 Å². The molecule has 0 saturated carbocycles. The molecule has 1 heterocycles. The predicted molar refractivity (Wildman–Crippen MR) is 67.5 cm³/mol. The number of nitrogens with one attached hydrogen (secondary N) is 1. The second-order valence-corrected chi connectivity index (χ2v) is 4.65. The van der Waals surface area contributed by atoms with Gasteiger partial charge in [-0.25, -0.2) is 4.39 Å². The summed E-state index contributed by atoms with van der Waals surface area (Å²) in [4.78, 5) is 12.2. The van der Waals surface area contributed by atoms with Crippen LogP contribution >= 0.6 is 11.3 Å². The summed E-state index contributed by atoms with van der Waals surface area (Å²) in [7, 11) is 0. The second kappa shape index (κ2) is 5.01. The van der Waals surface area contributed by atoms with Crippen molar-refractivity contribution in [1.29, 1.82) is 0 Å². The summed E-state index contributed by atoms with van der Waals surface area (Å²) in [6.45, 7) is -0.0437. The Kier molecular flexibility index (Phi) is 3.42. The molecule has 0 aliphatic carbocycles. The summed E-state index contributed by atoms with van der Waals surface area (Å²) in [6.07, 6.45) is 0. The standard InChI is InChI=1S/C11H10FN3O2S/c12-7-2-1-6-3-9(18-8(6)4-7)11(16)14-5-10(13)15-17/h1-4,17H,5H2,(H2,13,15)(H,14,16). The van der Waals surface area contributed by atoms with Crippen LogP contribution in [0.25, 0.3) is 10.1 Å². The summed E-state index contributed by atoms with van der Waals surface area (Å²) in [5, 5.41) is 14.4. The van der Waals surface area contributed by atoms with E-state index in [2.05, 4.69) is 10.5 Å². The highest BCUT2D eigenvalue weighted by molar-refractivity contribution is 7.20. The van der Waals surface area contributed by atoms with Gasteiger partial charge in [0.1, 0.15) is 5.82 Å². The quantitative estimate of drug-likeness (QED) is 0.341. The number of rotatable bonds is 3. The predicted octanol–water partition coefficient (Wildman–Crippen LogP) is 1.52. The molecule has 7 heteroatoms. The molecule has 0 saturated heterocycles. The number of oxime groups is 1. The Labute approximate surface area is 106 Å². The maximum absolute atomic E-state index is 13.0. The van der Waals surface area contributed by atoms with Gasteiger partial charge in [0.15, 0.2) is 5.84 Å². The Hall–Kier alpha value is -2.15. The SMILES string of the molecule is N/C(CNC(=O)c1cc2ccc(F)cc2s1)=N/O. The van der Waals surface area contributed by atoms with E-state index in [1.165, 1.54) is 23.5 Å². The van der Waals surface area contributed by atoms with Gasteiger partial charge in [0, 0.05) is 4.70 Å². The lowest BCUT2D eigenvalue weighted by Gasteiger charge is -2.00. The molecule has 0 aliphatic rings. The number of nitrogens with zero attached hydrogens (tertiary/aromatic N) is 1. The number of fused-ring (bicyclic) bond motifs is 1. The second-order valence-electron chi connectivity index (χ2n) is 3.57. The van der Waals surface area contributed by atoms with Gasteiger partial charge >= 0.3 is 0 Å². The Morgan fingerprint density at radius 2 is 2.28 bits per heavy atom. The first-order valence-electron chi connectivity index (χ1n) is 5.04. The van der Waals surface area contributed by atoms with Gasteiger partial charge in [0.25, 0.3) is 5.91 Å². The third-order valence-electron chi connectivity index (χ3n) is 2.26. The minimum atomic E-state index is -0.344. The third kappa shape index (κ3) is 2.57. The number of benzene rings is 1. The molecule has 0 fully saturated rings. The molecule has 94 valence electrons. The van der Waals surface area contributed by atoms with Gasteiger partial charge in [-0.3, -0.25) is 4.79 Å². The molecular formula is C11H10FN3O2S. The lowest BCUT2D eigenvalue weighted by atomic mass is 10.2. The molecule has 0 bridgehead atoms. The molecule has 18 heavy (non-hydrogen) atoms. The van der Waals surface area contributed by atoms with Gasteiger partial charge in [-0.05, 0) is 23.6 Å². The van der Waals surface area contributed by atoms with E-state index < -0.39 is 0 Å². The maximum Gasteiger partial charge on any atom is 0.261 e. The lowest BCUT2D eigenvalue weighted by Crippen LogP contribution is -2.33. The minimum absolute atomic E-state index is 0.0437. The number of halogens is 1. The van der Waals surface area contributed by atoms with Crippen LogP contribution in [0.4, 0.5) is 4.39 Å². The van der Waals surface area contributed by atoms with E-state index in [1.807, 2.05) is 0 Å². The van der Waals surface area contributed by atoms with Crippen molar-refractivity contribution in [2.75, 3.05) is 6.54 Å². The minimum Gasteiger partial charge on any atom is -0.409 e. The number of hydrogen-bond donors (Lipinski definition) is 3. The summed E-state index contributed by atoms with van der Waals surface area (Å²) >= 11 is 1.18. The van der Waals surface area contributed by atoms with E-state index >= 15 is 0 Å². The van der Waals surface area contributed by atoms with Crippen molar-refractivity contribution in [2.24, 2.45) is 10.9 Å². The van der Waals surface area contributed by atoms with Crippen molar-refractivity contribution in [3.05, 3.63) is 35.0 Å². The van der Waals surface area contributed by atoms with Crippen molar-refractivity contribution < 1.29 is 14.4 Å². The van der Waals surface area contributed by atoms with Gasteiger partial charge in [-0.15, -0.1) is 11.3 Å². The third-order valence-corrected chi connectivity index (χ3v) is 3.36. The average Bonchev–Trinajstić information content (AvgIpc) is 2.78. The van der Waals surface area contributed by atoms with Crippen LogP contribution in [0.3, 0.4) is 0 Å². The van der Waals surface area contributed by atoms with Gasteiger partial charge < -0.3 is 16.3 Å². The number of hydrogen-bond acceptors (Lipinski definition) is 4. The summed E-state index contributed by atoms with van der Waals surface area (Å²) in [5.74, 6) is -0.772. The van der Waals surface area contributed by atoms with Gasteiger partial charge in [-0.2, -0.15) is 0 Å². The van der Waals surface area contributed by atoms with E-state index in [9.17, 15) is 9.18 Å². The zero-order valence-electron chi connectivity index (χ0n) is 9.18. The molecule has 2 rings (SSSR count). The maximum atomic E-state index is 13.0. The Bertz CT molecular complexity index is 624. The van der Waals surface area contributed by atoms with Gasteiger partial charge in [-0.1, -0.05) is 11.2 Å². The summed E-state index contributed by atoms with van der Waals surface area (Å²) in [5.41, 5.74) is 5.23. The molecule has 0 radical (unpaired) electrons. The molecule has 2 aromatic rings. The van der Waals surface area contributed by atoms with E-state index in [0.717, 1.165) is 5.39 Å². The zero-order valence-corrected chi connectivity index (χ0v) is 10.00. The Morgan fingerprint density at radius 1 is 1.50 bits per heavy atom. The molecule has 0 spiro atoms. The first-order valence-corrected chi connectivity index (χ1v) is 5.85. The van der Waals surface area contributed by atoms with E-state index in [4.69, 9.17) is 10.9 Å². The van der Waals surface area contributed by atoms with Crippen LogP contribution in [0.2, 0.25) is 0 Å². The van der Waals surface area contributed by atoms with Crippen LogP contribution in [-0.2, 0) is 0 Å². The van der Waals surface area contributed by atoms with Gasteiger partial charge in [0.2, 0.25) is 0 Å². The monoisotopic (exact) mass is 267 g/mol. The van der Waals surface area contributed by atoms with Crippen LogP contribution in [0.1, 0.15) is 9.67 Å². The van der Waals surface area contributed by atoms with Crippen molar-refractivity contribution >= 4 is 33.2 Å². The fourth-order valence-corrected chi connectivity index (χ4v) is 2.41. The van der Waals surface area contributed by atoms with E-state index in [0.29, 0.717) is 9.58 Å². The van der Waals surface area contributed by atoms with E-state index in [1.54, 1.807) is 12.1 Å². The Balaban J connectivity index is 2.18. The lowest BCUT2D eigenvalue weighted by molar-refractivity contribution is 0.0963. The smallest absolute Gasteiger partial charge is 0.261 e. The summed E-state index contributed by atoms with van der Waals surface area (Å²) < 4.78 is 13.7.